The average molecular weight is 742 g/mol. The minimum Gasteiger partial charge on any atom is -0.480 e. The van der Waals surface area contributed by atoms with Crippen LogP contribution in [0.1, 0.15) is 52.0 Å². The maximum atomic E-state index is 13.5. The number of rotatable bonds is 21. The van der Waals surface area contributed by atoms with E-state index in [4.69, 9.17) is 4.74 Å². The number of carboxylic acids is 1. The molecule has 1 aromatic carbocycles. The number of carbonyl (C=O) groups excluding carboxylic acids is 7. The molecule has 0 bridgehead atoms. The molecule has 0 aromatic heterocycles. The monoisotopic (exact) mass is 741 g/mol. The molecular weight excluding hydrogens is 694 g/mol. The van der Waals surface area contributed by atoms with Gasteiger partial charge in [0.25, 0.3) is 0 Å². The fourth-order valence-electron chi connectivity index (χ4n) is 4.33. The predicted octanol–water partition coefficient (Wildman–Crippen LogP) is -0.822. The first-order valence-electron chi connectivity index (χ1n) is 15.9. The molecule has 7 N–H and O–H groups in total. The number of thiol groups is 1. The van der Waals surface area contributed by atoms with Crippen LogP contribution in [0.5, 0.6) is 0 Å². The first kappa shape index (κ1) is 44.1. The van der Waals surface area contributed by atoms with Crippen LogP contribution in [0.25, 0.3) is 0 Å². The van der Waals surface area contributed by atoms with Crippen molar-refractivity contribution < 1.29 is 62.8 Å². The third-order valence-corrected chi connectivity index (χ3v) is 7.94. The van der Waals surface area contributed by atoms with Crippen molar-refractivity contribution in [2.75, 3.05) is 20.0 Å². The molecule has 0 saturated heterocycles. The van der Waals surface area contributed by atoms with E-state index in [1.165, 1.54) is 0 Å². The molecule has 0 radical (unpaired) electrons. The zero-order chi connectivity index (χ0) is 38.7. The van der Waals surface area contributed by atoms with Gasteiger partial charge in [-0.15, -0.1) is 0 Å². The molecular formula is C32H47N5O13S. The number of nitrogens with one attached hydrogen (secondary N) is 5. The van der Waals surface area contributed by atoms with E-state index < -0.39 is 96.3 Å². The molecule has 1 rings (SSSR count). The number of amides is 5. The van der Waals surface area contributed by atoms with Gasteiger partial charge >= 0.3 is 24.0 Å². The summed E-state index contributed by atoms with van der Waals surface area (Å²) in [5, 5.41) is 31.3. The van der Waals surface area contributed by atoms with E-state index in [0.717, 1.165) is 21.1 Å². The van der Waals surface area contributed by atoms with Crippen LogP contribution in [0.2, 0.25) is 0 Å². The Morgan fingerprint density at radius 3 is 1.82 bits per heavy atom. The minimum absolute atomic E-state index is 0.0774. The van der Waals surface area contributed by atoms with Crippen LogP contribution in [0, 0.1) is 5.92 Å². The maximum absolute atomic E-state index is 13.5. The van der Waals surface area contributed by atoms with E-state index in [1.807, 2.05) is 0 Å². The number of hydrogen-bond donors (Lipinski definition) is 8. The van der Waals surface area contributed by atoms with Crippen molar-refractivity contribution in [2.24, 2.45) is 5.92 Å². The average Bonchev–Trinajstić information content (AvgIpc) is 3.11. The SMILES string of the molecule is CCC(C)C(NC(=O)OCc1ccccc1)C(=O)NC(CCC(=O)OC)C(=O)NC(C(=O)NC(CC(=O)OC)C(=O)N[C@H](CS)C(=O)O)C(C)O. The van der Waals surface area contributed by atoms with Gasteiger partial charge in [0.05, 0.1) is 26.7 Å². The molecule has 6 unspecified atom stereocenters. The van der Waals surface area contributed by atoms with Gasteiger partial charge in [-0.05, 0) is 24.8 Å². The van der Waals surface area contributed by atoms with Crippen LogP contribution in [-0.4, -0.2) is 114 Å². The molecule has 18 nitrogen and oxygen atoms in total. The number of alkyl carbamates (subject to hydrolysis) is 1. The molecule has 0 aliphatic carbocycles. The molecule has 19 heteroatoms. The normalized spacial score (nSPS) is 14.8. The fourth-order valence-corrected chi connectivity index (χ4v) is 4.57. The lowest BCUT2D eigenvalue weighted by Gasteiger charge is -2.28. The van der Waals surface area contributed by atoms with Crippen molar-refractivity contribution in [3.63, 3.8) is 0 Å². The molecule has 0 spiro atoms. The first-order valence-corrected chi connectivity index (χ1v) is 16.6. The number of ether oxygens (including phenoxy) is 3. The van der Waals surface area contributed by atoms with Gasteiger partial charge in [0.2, 0.25) is 23.6 Å². The minimum atomic E-state index is -1.79. The Kier molecular flexibility index (Phi) is 19.7. The number of hydrogen-bond acceptors (Lipinski definition) is 13. The standard InChI is InChI=1S/C32H47N5O13S/c1-6-17(2)25(37-32(47)50-15-19-10-8-7-9-11-19)29(43)33-20(12-13-23(39)48-4)27(41)36-26(18(3)38)30(44)34-21(14-24(40)49-5)28(42)35-22(16-51)31(45)46/h7-11,17-18,20-22,25-26,38,51H,6,12-16H2,1-5H3,(H,33,43)(H,34,44)(H,35,42)(H,36,41)(H,37,47)(H,45,46)/t17?,18?,20?,21?,22-,25?,26?/m1/s1. The Morgan fingerprint density at radius 1 is 0.745 bits per heavy atom. The molecule has 284 valence electrons. The number of methoxy groups -OCH3 is 2. The molecule has 0 saturated carbocycles. The van der Waals surface area contributed by atoms with Crippen LogP contribution >= 0.6 is 12.6 Å². The summed E-state index contributed by atoms with van der Waals surface area (Å²) in [5.74, 6) is -8.04. The van der Waals surface area contributed by atoms with Crippen molar-refractivity contribution in [3.8, 4) is 0 Å². The topological polar surface area (TPSA) is 265 Å². The van der Waals surface area contributed by atoms with Gasteiger partial charge in [0.1, 0.15) is 36.8 Å². The van der Waals surface area contributed by atoms with Gasteiger partial charge in [-0.1, -0.05) is 50.6 Å². The van der Waals surface area contributed by atoms with Gasteiger partial charge in [0.15, 0.2) is 0 Å². The highest BCUT2D eigenvalue weighted by atomic mass is 32.1. The number of carboxylic acid groups (broad SMARTS) is 1. The van der Waals surface area contributed by atoms with Crippen molar-refractivity contribution in [3.05, 3.63) is 35.9 Å². The third kappa shape index (κ3) is 15.7. The largest absolute Gasteiger partial charge is 0.480 e. The smallest absolute Gasteiger partial charge is 0.408 e. The second-order valence-corrected chi connectivity index (χ2v) is 11.8. The van der Waals surface area contributed by atoms with Gasteiger partial charge in [0, 0.05) is 12.2 Å². The summed E-state index contributed by atoms with van der Waals surface area (Å²) in [6.45, 7) is 4.50. The van der Waals surface area contributed by atoms with Crippen molar-refractivity contribution in [1.82, 2.24) is 26.6 Å². The molecule has 7 atom stereocenters. The zero-order valence-electron chi connectivity index (χ0n) is 29.0. The van der Waals surface area contributed by atoms with Crippen LogP contribution in [0.15, 0.2) is 30.3 Å². The van der Waals surface area contributed by atoms with Gasteiger partial charge in [-0.2, -0.15) is 12.6 Å². The fraction of sp³-hybridized carbons (Fsp3) is 0.562. The molecule has 1 aromatic rings. The van der Waals surface area contributed by atoms with E-state index in [0.29, 0.717) is 12.0 Å². The Labute approximate surface area is 300 Å². The van der Waals surface area contributed by atoms with E-state index in [-0.39, 0.29) is 25.2 Å². The molecule has 51 heavy (non-hydrogen) atoms. The number of carbonyl (C=O) groups is 8. The van der Waals surface area contributed by atoms with E-state index in [1.54, 1.807) is 44.2 Å². The molecule has 0 fully saturated rings. The summed E-state index contributed by atoms with van der Waals surface area (Å²) in [6.07, 6.45) is -3.55. The highest BCUT2D eigenvalue weighted by Crippen LogP contribution is 2.11. The van der Waals surface area contributed by atoms with Crippen LogP contribution in [0.3, 0.4) is 0 Å². The summed E-state index contributed by atoms with van der Waals surface area (Å²) in [5.41, 5.74) is 0.702. The number of aliphatic hydroxyl groups is 1. The maximum Gasteiger partial charge on any atom is 0.408 e. The molecule has 5 amide bonds. The Balaban J connectivity index is 3.23. The van der Waals surface area contributed by atoms with Crippen molar-refractivity contribution >= 4 is 60.3 Å². The Morgan fingerprint density at radius 2 is 1.29 bits per heavy atom. The molecule has 0 aliphatic rings. The molecule has 0 heterocycles. The second kappa shape index (κ2) is 22.7. The predicted molar refractivity (Wildman–Crippen MR) is 182 cm³/mol. The van der Waals surface area contributed by atoms with Crippen LogP contribution in [-0.2, 0) is 54.4 Å². The molecule has 0 aliphatic heterocycles. The lowest BCUT2D eigenvalue weighted by atomic mass is 9.97. The first-order chi connectivity index (χ1) is 24.1. The lowest BCUT2D eigenvalue weighted by molar-refractivity contribution is -0.145. The summed E-state index contributed by atoms with van der Waals surface area (Å²) in [6, 6.07) is 1.10. The highest BCUT2D eigenvalue weighted by molar-refractivity contribution is 7.80. The summed E-state index contributed by atoms with van der Waals surface area (Å²) in [4.78, 5) is 101. The highest BCUT2D eigenvalue weighted by Gasteiger charge is 2.36. The van der Waals surface area contributed by atoms with Gasteiger partial charge in [-0.25, -0.2) is 9.59 Å². The Bertz CT molecular complexity index is 1360. The summed E-state index contributed by atoms with van der Waals surface area (Å²) in [7, 11) is 2.13. The lowest BCUT2D eigenvalue weighted by Crippen LogP contribution is -2.61. The number of aliphatic hydroxyl groups excluding tert-OH is 1. The summed E-state index contributed by atoms with van der Waals surface area (Å²) >= 11 is 3.86. The van der Waals surface area contributed by atoms with Gasteiger partial charge < -0.3 is 51.0 Å². The van der Waals surface area contributed by atoms with Gasteiger partial charge in [-0.3, -0.25) is 28.8 Å². The van der Waals surface area contributed by atoms with E-state index in [2.05, 4.69) is 48.7 Å². The van der Waals surface area contributed by atoms with Crippen molar-refractivity contribution in [2.45, 2.75) is 89.4 Å². The zero-order valence-corrected chi connectivity index (χ0v) is 29.9. The van der Waals surface area contributed by atoms with E-state index >= 15 is 0 Å². The number of aliphatic carboxylic acids is 1. The number of esters is 2. The second-order valence-electron chi connectivity index (χ2n) is 11.4. The third-order valence-electron chi connectivity index (χ3n) is 7.57. The van der Waals surface area contributed by atoms with Crippen LogP contribution in [0.4, 0.5) is 4.79 Å². The quantitative estimate of drug-likeness (QED) is 0.0436. The number of benzene rings is 1. The Hall–Kier alpha value is -4.91. The van der Waals surface area contributed by atoms with Crippen molar-refractivity contribution in [1.29, 1.82) is 0 Å². The van der Waals surface area contributed by atoms with E-state index in [9.17, 15) is 48.6 Å². The van der Waals surface area contributed by atoms with Crippen LogP contribution < -0.4 is 26.6 Å². The summed E-state index contributed by atoms with van der Waals surface area (Å²) < 4.78 is 14.4.